The van der Waals surface area contributed by atoms with Gasteiger partial charge in [0.2, 0.25) is 0 Å². The van der Waals surface area contributed by atoms with E-state index >= 15 is 0 Å². The van der Waals surface area contributed by atoms with Gasteiger partial charge >= 0.3 is 6.09 Å². The van der Waals surface area contributed by atoms with Crippen LogP contribution in [0.1, 0.15) is 52.5 Å². The van der Waals surface area contributed by atoms with Crippen LogP contribution >= 0.6 is 11.3 Å². The zero-order valence-corrected chi connectivity index (χ0v) is 18.5. The quantitative estimate of drug-likeness (QED) is 0.665. The summed E-state index contributed by atoms with van der Waals surface area (Å²) in [6.45, 7) is 10.5. The van der Waals surface area contributed by atoms with Gasteiger partial charge < -0.3 is 14.8 Å². The normalized spacial score (nSPS) is 20.8. The molecule has 4 rings (SSSR count). The fraction of sp³-hybridized carbons (Fsp3) is 0.522. The van der Waals surface area contributed by atoms with Crippen LogP contribution < -0.4 is 14.8 Å². The summed E-state index contributed by atoms with van der Waals surface area (Å²) in [5.41, 5.74) is 5.85. The number of aryl methyl sites for hydroxylation is 3. The number of hydrogen-bond acceptors (Lipinski definition) is 4. The van der Waals surface area contributed by atoms with Crippen LogP contribution in [0.25, 0.3) is 0 Å². The molecule has 2 aliphatic rings. The molecule has 0 bridgehead atoms. The van der Waals surface area contributed by atoms with Gasteiger partial charge in [-0.1, -0.05) is 26.0 Å². The van der Waals surface area contributed by atoms with E-state index < -0.39 is 12.8 Å². The number of halogens is 1. The lowest BCUT2D eigenvalue weighted by Gasteiger charge is -2.14. The number of amides is 1. The van der Waals surface area contributed by atoms with E-state index in [1.54, 1.807) is 11.3 Å². The molecule has 0 saturated heterocycles. The first-order valence-corrected chi connectivity index (χ1v) is 10.9. The summed E-state index contributed by atoms with van der Waals surface area (Å²) >= 11 is 1.58. The van der Waals surface area contributed by atoms with Gasteiger partial charge in [0, 0.05) is 17.0 Å². The molecule has 0 spiro atoms. The highest BCUT2D eigenvalue weighted by atomic mass is 32.1. The van der Waals surface area contributed by atoms with Crippen LogP contribution in [0.2, 0.25) is 0 Å². The minimum absolute atomic E-state index is 0.0506. The van der Waals surface area contributed by atoms with Crippen molar-refractivity contribution in [2.75, 3.05) is 13.3 Å². The average Bonchev–Trinajstić information content (AvgIpc) is 2.98. The third-order valence-electron chi connectivity index (χ3n) is 6.45. The Morgan fingerprint density at radius 2 is 1.97 bits per heavy atom. The summed E-state index contributed by atoms with van der Waals surface area (Å²) in [7, 11) is 0. The summed E-state index contributed by atoms with van der Waals surface area (Å²) in [6.07, 6.45) is 0.584. The second kappa shape index (κ2) is 7.31. The molecule has 0 radical (unpaired) electrons. The van der Waals surface area contributed by atoms with Gasteiger partial charge in [-0.15, -0.1) is 11.3 Å². The first kappa shape index (κ1) is 20.2. The van der Waals surface area contributed by atoms with Crippen molar-refractivity contribution in [2.24, 2.45) is 11.3 Å². The SMILES string of the molecule is Cc1cc(CNC(=O)Oc2sc(C)c3c2C[C@@H]2[C@H]3C2(C)C)cc(C)c1OCCF. The lowest BCUT2D eigenvalue weighted by Crippen LogP contribution is -2.26. The smallest absolute Gasteiger partial charge is 0.413 e. The van der Waals surface area contributed by atoms with Crippen LogP contribution in [-0.4, -0.2) is 19.4 Å². The summed E-state index contributed by atoms with van der Waals surface area (Å²) in [5, 5.41) is 3.60. The first-order valence-electron chi connectivity index (χ1n) is 10.1. The highest BCUT2D eigenvalue weighted by molar-refractivity contribution is 7.14. The Morgan fingerprint density at radius 3 is 2.62 bits per heavy atom. The molecule has 1 heterocycles. The van der Waals surface area contributed by atoms with Gasteiger partial charge in [-0.2, -0.15) is 0 Å². The lowest BCUT2D eigenvalue weighted by molar-refractivity contribution is 0.201. The standard InChI is InChI=1S/C23H28FNO3S/c1-12-8-15(9-13(2)20(12)27-7-6-24)11-25-22(26)28-21-16-10-17-19(23(17,4)5)18(16)14(3)29-21/h8-9,17,19H,6-7,10-11H2,1-5H3,(H,25,26)/t17-,19-/m1/s1. The number of hydrogen-bond donors (Lipinski definition) is 1. The van der Waals surface area contributed by atoms with Crippen LogP contribution in [0, 0.1) is 32.1 Å². The predicted octanol–water partition coefficient (Wildman–Crippen LogP) is 5.61. The molecule has 2 aliphatic carbocycles. The zero-order valence-electron chi connectivity index (χ0n) is 17.6. The van der Waals surface area contributed by atoms with Gasteiger partial charge in [0.1, 0.15) is 19.0 Å². The Labute approximate surface area is 175 Å². The third-order valence-corrected chi connectivity index (χ3v) is 7.49. The summed E-state index contributed by atoms with van der Waals surface area (Å²) in [6, 6.07) is 3.90. The van der Waals surface area contributed by atoms with Crippen molar-refractivity contribution in [3.8, 4) is 10.8 Å². The average molecular weight is 418 g/mol. The Morgan fingerprint density at radius 1 is 1.28 bits per heavy atom. The summed E-state index contributed by atoms with van der Waals surface area (Å²) in [5.74, 6) is 2.02. The van der Waals surface area contributed by atoms with Gasteiger partial charge in [0.05, 0.1) is 0 Å². The van der Waals surface area contributed by atoms with Crippen LogP contribution in [0.3, 0.4) is 0 Å². The van der Waals surface area contributed by atoms with Crippen molar-refractivity contribution in [1.29, 1.82) is 0 Å². The maximum atomic E-state index is 12.4. The number of carbonyl (C=O) groups is 1. The van der Waals surface area contributed by atoms with Crippen LogP contribution in [-0.2, 0) is 13.0 Å². The highest BCUT2D eigenvalue weighted by Gasteiger charge is 2.63. The van der Waals surface area contributed by atoms with Crippen molar-refractivity contribution in [1.82, 2.24) is 5.32 Å². The van der Waals surface area contributed by atoms with Gasteiger partial charge in [0.15, 0.2) is 5.06 Å². The number of fused-ring (bicyclic) bond motifs is 3. The molecule has 0 aliphatic heterocycles. The van der Waals surface area contributed by atoms with Crippen LogP contribution in [0.5, 0.6) is 10.8 Å². The highest BCUT2D eigenvalue weighted by Crippen LogP contribution is 2.72. The number of thiophene rings is 1. The molecule has 2 aromatic rings. The molecular weight excluding hydrogens is 389 g/mol. The topological polar surface area (TPSA) is 47.6 Å². The summed E-state index contributed by atoms with van der Waals surface area (Å²) in [4.78, 5) is 13.7. The number of ether oxygens (including phenoxy) is 2. The number of nitrogens with one attached hydrogen (secondary N) is 1. The van der Waals surface area contributed by atoms with E-state index in [4.69, 9.17) is 9.47 Å². The van der Waals surface area contributed by atoms with Crippen molar-refractivity contribution in [3.63, 3.8) is 0 Å². The van der Waals surface area contributed by atoms with E-state index in [-0.39, 0.29) is 6.61 Å². The fourth-order valence-corrected chi connectivity index (χ4v) is 6.06. The molecule has 1 N–H and O–H groups in total. The maximum Gasteiger partial charge on any atom is 0.413 e. The third kappa shape index (κ3) is 3.52. The lowest BCUT2D eigenvalue weighted by atomic mass is 9.96. The van der Waals surface area contributed by atoms with E-state index in [2.05, 4.69) is 26.1 Å². The van der Waals surface area contributed by atoms with Gasteiger partial charge in [0.25, 0.3) is 0 Å². The first-order chi connectivity index (χ1) is 13.7. The molecule has 1 aromatic carbocycles. The molecular formula is C23H28FNO3S. The number of benzene rings is 1. The zero-order chi connectivity index (χ0) is 20.9. The number of rotatable bonds is 6. The molecule has 156 valence electrons. The Kier molecular flexibility index (Phi) is 5.09. The monoisotopic (exact) mass is 417 g/mol. The second-order valence-corrected chi connectivity index (χ2v) is 9.97. The van der Waals surface area contributed by atoms with Crippen LogP contribution in [0.4, 0.5) is 9.18 Å². The number of carbonyl (C=O) groups excluding carboxylic acids is 1. The molecule has 29 heavy (non-hydrogen) atoms. The molecule has 0 unspecified atom stereocenters. The van der Waals surface area contributed by atoms with Crippen LogP contribution in [0.15, 0.2) is 12.1 Å². The van der Waals surface area contributed by atoms with Gasteiger partial charge in [-0.05, 0) is 66.7 Å². The molecule has 1 fully saturated rings. The number of alkyl halides is 1. The Hall–Kier alpha value is -2.08. The summed E-state index contributed by atoms with van der Waals surface area (Å²) < 4.78 is 23.5. The van der Waals surface area contributed by atoms with Gasteiger partial charge in [-0.25, -0.2) is 9.18 Å². The minimum atomic E-state index is -0.515. The largest absolute Gasteiger partial charge is 0.490 e. The molecule has 1 aromatic heterocycles. The van der Waals surface area contributed by atoms with Crippen molar-refractivity contribution < 1.29 is 18.7 Å². The second-order valence-electron chi connectivity index (χ2n) is 8.79. The van der Waals surface area contributed by atoms with Gasteiger partial charge in [-0.3, -0.25) is 0 Å². The van der Waals surface area contributed by atoms with Crippen molar-refractivity contribution in [2.45, 2.75) is 53.5 Å². The van der Waals surface area contributed by atoms with E-state index in [1.807, 2.05) is 26.0 Å². The molecule has 1 saturated carbocycles. The Balaban J connectivity index is 1.39. The van der Waals surface area contributed by atoms with E-state index in [1.165, 1.54) is 16.0 Å². The van der Waals surface area contributed by atoms with Crippen molar-refractivity contribution >= 4 is 17.4 Å². The van der Waals surface area contributed by atoms with E-state index in [0.717, 1.165) is 28.2 Å². The van der Waals surface area contributed by atoms with E-state index in [0.29, 0.717) is 29.5 Å². The molecule has 2 atom stereocenters. The van der Waals surface area contributed by atoms with E-state index in [9.17, 15) is 9.18 Å². The molecule has 1 amide bonds. The molecule has 4 nitrogen and oxygen atoms in total. The predicted molar refractivity (Wildman–Crippen MR) is 113 cm³/mol. The molecule has 6 heteroatoms. The Bertz CT molecular complexity index is 942. The van der Waals surface area contributed by atoms with Crippen molar-refractivity contribution in [3.05, 3.63) is 44.8 Å². The minimum Gasteiger partial charge on any atom is -0.490 e. The maximum absolute atomic E-state index is 12.4. The fourth-order valence-electron chi connectivity index (χ4n) is 4.98.